The summed E-state index contributed by atoms with van der Waals surface area (Å²) in [4.78, 5) is 3.99. The minimum Gasteiger partial charge on any atom is -0.417 e. The molecule has 4 nitrogen and oxygen atoms in total. The van der Waals surface area contributed by atoms with E-state index in [0.29, 0.717) is 23.0 Å². The molecule has 0 fully saturated rings. The van der Waals surface area contributed by atoms with E-state index in [1.54, 1.807) is 12.1 Å². The summed E-state index contributed by atoms with van der Waals surface area (Å²) in [7, 11) is 0. The van der Waals surface area contributed by atoms with Crippen molar-refractivity contribution in [2.24, 2.45) is 5.73 Å². The topological polar surface area (TPSA) is 61.3 Å². The van der Waals surface area contributed by atoms with Crippen LogP contribution in [0.15, 0.2) is 34.9 Å². The van der Waals surface area contributed by atoms with Crippen LogP contribution < -0.4 is 10.5 Å². The van der Waals surface area contributed by atoms with Gasteiger partial charge in [-0.05, 0) is 12.1 Å². The maximum atomic E-state index is 5.90. The van der Waals surface area contributed by atoms with Crippen molar-refractivity contribution in [1.29, 1.82) is 0 Å². The van der Waals surface area contributed by atoms with Gasteiger partial charge in [-0.3, -0.25) is 0 Å². The van der Waals surface area contributed by atoms with Crippen LogP contribution >= 0.6 is 11.6 Å². The third-order valence-electron chi connectivity index (χ3n) is 1.77. The van der Waals surface area contributed by atoms with E-state index in [4.69, 9.17) is 26.5 Å². The van der Waals surface area contributed by atoms with Crippen LogP contribution in [-0.4, -0.2) is 4.98 Å². The second-order valence-electron chi connectivity index (χ2n) is 2.84. The second-order valence-corrected chi connectivity index (χ2v) is 3.25. The molecule has 15 heavy (non-hydrogen) atoms. The van der Waals surface area contributed by atoms with Gasteiger partial charge >= 0.3 is 6.08 Å². The molecular formula is C10H9ClN2O2. The first-order valence-corrected chi connectivity index (χ1v) is 4.74. The third kappa shape index (κ3) is 2.29. The van der Waals surface area contributed by atoms with Crippen molar-refractivity contribution < 1.29 is 9.15 Å². The van der Waals surface area contributed by atoms with E-state index in [2.05, 4.69) is 4.98 Å². The second kappa shape index (κ2) is 4.33. The molecule has 0 atom stereocenters. The van der Waals surface area contributed by atoms with Gasteiger partial charge in [0.1, 0.15) is 6.26 Å². The van der Waals surface area contributed by atoms with Crippen LogP contribution in [0, 0.1) is 0 Å². The average molecular weight is 225 g/mol. The fourth-order valence-corrected chi connectivity index (χ4v) is 1.22. The number of benzene rings is 1. The van der Waals surface area contributed by atoms with Gasteiger partial charge < -0.3 is 14.9 Å². The number of nitrogens with zero attached hydrogens (tertiary/aromatic N) is 1. The summed E-state index contributed by atoms with van der Waals surface area (Å²) < 4.78 is 10.4. The Morgan fingerprint density at radius 1 is 1.40 bits per heavy atom. The van der Waals surface area contributed by atoms with E-state index >= 15 is 0 Å². The van der Waals surface area contributed by atoms with Crippen LogP contribution in [0.2, 0.25) is 5.02 Å². The minimum atomic E-state index is 0.142. The summed E-state index contributed by atoms with van der Waals surface area (Å²) in [5, 5.41) is 0.505. The van der Waals surface area contributed by atoms with Gasteiger partial charge in [0, 0.05) is 6.54 Å². The molecule has 0 aliphatic rings. The zero-order valence-electron chi connectivity index (χ0n) is 7.81. The highest BCUT2D eigenvalue weighted by molar-refractivity contribution is 6.32. The largest absolute Gasteiger partial charge is 0.417 e. The first kappa shape index (κ1) is 10.0. The van der Waals surface area contributed by atoms with Crippen molar-refractivity contribution in [3.8, 4) is 11.8 Å². The molecule has 2 rings (SSSR count). The quantitative estimate of drug-likeness (QED) is 0.871. The summed E-state index contributed by atoms with van der Waals surface area (Å²) in [6.45, 7) is 0.315. The molecule has 0 spiro atoms. The van der Waals surface area contributed by atoms with Crippen molar-refractivity contribution in [2.45, 2.75) is 6.54 Å². The molecular weight excluding hydrogens is 216 g/mol. The van der Waals surface area contributed by atoms with E-state index in [-0.39, 0.29) is 6.08 Å². The lowest BCUT2D eigenvalue weighted by atomic mass is 10.3. The Morgan fingerprint density at radius 3 is 2.87 bits per heavy atom. The van der Waals surface area contributed by atoms with Gasteiger partial charge in [0.15, 0.2) is 5.75 Å². The zero-order valence-corrected chi connectivity index (χ0v) is 8.57. The van der Waals surface area contributed by atoms with Crippen LogP contribution in [0.5, 0.6) is 11.8 Å². The molecule has 1 aromatic carbocycles. The van der Waals surface area contributed by atoms with E-state index in [1.807, 2.05) is 12.1 Å². The van der Waals surface area contributed by atoms with Gasteiger partial charge in [-0.1, -0.05) is 23.7 Å². The Labute approximate surface area is 91.6 Å². The number of hydrogen-bond acceptors (Lipinski definition) is 4. The van der Waals surface area contributed by atoms with Gasteiger partial charge in [-0.15, -0.1) is 0 Å². The number of para-hydroxylation sites is 1. The van der Waals surface area contributed by atoms with Gasteiger partial charge in [0.2, 0.25) is 0 Å². The monoisotopic (exact) mass is 224 g/mol. The van der Waals surface area contributed by atoms with Crippen molar-refractivity contribution in [3.63, 3.8) is 0 Å². The highest BCUT2D eigenvalue weighted by Gasteiger charge is 2.07. The predicted octanol–water partition coefficient (Wildman–Crippen LogP) is 2.58. The molecule has 0 bridgehead atoms. The fraction of sp³-hybridized carbons (Fsp3) is 0.100. The summed E-state index contributed by atoms with van der Waals surface area (Å²) >= 11 is 5.90. The van der Waals surface area contributed by atoms with Crippen LogP contribution in [0.1, 0.15) is 5.69 Å². The van der Waals surface area contributed by atoms with Gasteiger partial charge in [-0.2, -0.15) is 4.98 Å². The van der Waals surface area contributed by atoms with Crippen LogP contribution in [0.25, 0.3) is 0 Å². The Hall–Kier alpha value is -1.52. The summed E-state index contributed by atoms with van der Waals surface area (Å²) in [6.07, 6.45) is 1.59. The van der Waals surface area contributed by atoms with Gasteiger partial charge in [-0.25, -0.2) is 0 Å². The fourth-order valence-electron chi connectivity index (χ4n) is 1.05. The van der Waals surface area contributed by atoms with Crippen LogP contribution in [0.4, 0.5) is 0 Å². The minimum absolute atomic E-state index is 0.142. The number of ether oxygens (including phenoxy) is 1. The Bertz CT molecular complexity index is 456. The normalized spacial score (nSPS) is 10.3. The molecule has 78 valence electrons. The van der Waals surface area contributed by atoms with Crippen molar-refractivity contribution in [2.75, 3.05) is 0 Å². The summed E-state index contributed by atoms with van der Waals surface area (Å²) in [5.74, 6) is 0.504. The zero-order chi connectivity index (χ0) is 10.7. The summed E-state index contributed by atoms with van der Waals surface area (Å²) in [5.41, 5.74) is 6.02. The predicted molar refractivity (Wildman–Crippen MR) is 55.9 cm³/mol. The highest BCUT2D eigenvalue weighted by Crippen LogP contribution is 2.28. The molecule has 1 heterocycles. The van der Waals surface area contributed by atoms with Crippen molar-refractivity contribution in [3.05, 3.63) is 41.2 Å². The molecule has 1 aromatic heterocycles. The molecule has 5 heteroatoms. The molecule has 0 aliphatic heterocycles. The van der Waals surface area contributed by atoms with Crippen molar-refractivity contribution in [1.82, 2.24) is 4.98 Å². The SMILES string of the molecule is NCc1coc(Oc2ccccc2Cl)n1. The lowest BCUT2D eigenvalue weighted by Crippen LogP contribution is -1.95. The molecule has 0 aliphatic carbocycles. The molecule has 0 saturated heterocycles. The average Bonchev–Trinajstić information content (AvgIpc) is 2.69. The van der Waals surface area contributed by atoms with E-state index in [0.717, 1.165) is 0 Å². The summed E-state index contributed by atoms with van der Waals surface area (Å²) in [6, 6.07) is 7.09. The van der Waals surface area contributed by atoms with E-state index in [9.17, 15) is 0 Å². The number of halogens is 1. The first-order chi connectivity index (χ1) is 7.29. The number of nitrogens with two attached hydrogens (primary N) is 1. The number of aromatic nitrogens is 1. The first-order valence-electron chi connectivity index (χ1n) is 4.36. The van der Waals surface area contributed by atoms with E-state index < -0.39 is 0 Å². The molecule has 0 unspecified atom stereocenters. The molecule has 0 radical (unpaired) electrons. The molecule has 2 aromatic rings. The third-order valence-corrected chi connectivity index (χ3v) is 2.09. The maximum Gasteiger partial charge on any atom is 0.399 e. The van der Waals surface area contributed by atoms with Crippen LogP contribution in [0.3, 0.4) is 0 Å². The van der Waals surface area contributed by atoms with Gasteiger partial charge in [0.05, 0.1) is 10.7 Å². The molecule has 0 amide bonds. The molecule has 2 N–H and O–H groups in total. The lowest BCUT2D eigenvalue weighted by molar-refractivity contribution is 0.331. The Morgan fingerprint density at radius 2 is 2.20 bits per heavy atom. The number of rotatable bonds is 3. The smallest absolute Gasteiger partial charge is 0.399 e. The number of oxazole rings is 1. The standard InChI is InChI=1S/C10H9ClN2O2/c11-8-3-1-2-4-9(8)15-10-13-7(5-12)6-14-10/h1-4,6H,5,12H2. The van der Waals surface area contributed by atoms with Crippen molar-refractivity contribution >= 4 is 11.6 Å². The Balaban J connectivity index is 2.18. The Kier molecular flexibility index (Phi) is 2.89. The van der Waals surface area contributed by atoms with Gasteiger partial charge in [0.25, 0.3) is 0 Å². The maximum absolute atomic E-state index is 5.90. The number of hydrogen-bond donors (Lipinski definition) is 1. The molecule has 0 saturated carbocycles. The van der Waals surface area contributed by atoms with E-state index in [1.165, 1.54) is 6.26 Å². The highest BCUT2D eigenvalue weighted by atomic mass is 35.5. The van der Waals surface area contributed by atoms with Crippen LogP contribution in [-0.2, 0) is 6.54 Å². The lowest BCUT2D eigenvalue weighted by Gasteiger charge is -2.01.